The standard InChI is InChI=1S/C18H14BrN3S/c19-14-5-7-15(8-6-14)23-16-4-1-3-13-9-12-22(17(13)16)18-20-10-2-11-21-18/h1-8,10-11H,9,12H2. The molecule has 114 valence electrons. The number of rotatable bonds is 3. The first-order valence-corrected chi connectivity index (χ1v) is 9.02. The Morgan fingerprint density at radius 2 is 1.74 bits per heavy atom. The third-order valence-corrected chi connectivity index (χ3v) is 5.38. The molecule has 0 N–H and O–H groups in total. The van der Waals surface area contributed by atoms with Crippen molar-refractivity contribution in [1.82, 2.24) is 9.97 Å². The normalized spacial score (nSPS) is 13.2. The molecule has 2 heterocycles. The molecular formula is C18H14BrN3S. The summed E-state index contributed by atoms with van der Waals surface area (Å²) >= 11 is 5.27. The fourth-order valence-electron chi connectivity index (χ4n) is 2.76. The zero-order valence-electron chi connectivity index (χ0n) is 12.3. The SMILES string of the molecule is Brc1ccc(Sc2cccc3c2N(c2ncccn2)CC3)cc1. The van der Waals surface area contributed by atoms with Crippen molar-refractivity contribution in [2.45, 2.75) is 16.2 Å². The predicted molar refractivity (Wildman–Crippen MR) is 97.4 cm³/mol. The topological polar surface area (TPSA) is 29.0 Å². The van der Waals surface area contributed by atoms with Crippen molar-refractivity contribution in [2.75, 3.05) is 11.4 Å². The predicted octanol–water partition coefficient (Wildman–Crippen LogP) is 5.08. The highest BCUT2D eigenvalue weighted by Crippen LogP contribution is 2.43. The van der Waals surface area contributed by atoms with Gasteiger partial charge in [0.05, 0.1) is 5.69 Å². The van der Waals surface area contributed by atoms with Gasteiger partial charge in [-0.15, -0.1) is 0 Å². The minimum absolute atomic E-state index is 0.773. The molecule has 5 heteroatoms. The van der Waals surface area contributed by atoms with Crippen LogP contribution in [0.5, 0.6) is 0 Å². The molecule has 0 spiro atoms. The molecule has 3 aromatic rings. The van der Waals surface area contributed by atoms with Crippen molar-refractivity contribution >= 4 is 39.3 Å². The number of para-hydroxylation sites is 1. The molecule has 2 aromatic carbocycles. The zero-order chi connectivity index (χ0) is 15.6. The number of hydrogen-bond acceptors (Lipinski definition) is 4. The second-order valence-corrected chi connectivity index (χ2v) is 7.30. The van der Waals surface area contributed by atoms with Gasteiger partial charge >= 0.3 is 0 Å². The number of halogens is 1. The monoisotopic (exact) mass is 383 g/mol. The van der Waals surface area contributed by atoms with Crippen LogP contribution in [0.3, 0.4) is 0 Å². The lowest BCUT2D eigenvalue weighted by Gasteiger charge is -2.19. The second-order valence-electron chi connectivity index (χ2n) is 5.27. The Labute approximate surface area is 147 Å². The third-order valence-electron chi connectivity index (χ3n) is 3.79. The van der Waals surface area contributed by atoms with Crippen molar-refractivity contribution in [1.29, 1.82) is 0 Å². The average Bonchev–Trinajstić information content (AvgIpc) is 3.03. The fourth-order valence-corrected chi connectivity index (χ4v) is 4.04. The van der Waals surface area contributed by atoms with Crippen molar-refractivity contribution in [3.05, 3.63) is 71.0 Å². The molecule has 4 rings (SSSR count). The summed E-state index contributed by atoms with van der Waals surface area (Å²) in [7, 11) is 0. The maximum Gasteiger partial charge on any atom is 0.229 e. The van der Waals surface area contributed by atoms with Gasteiger partial charge in [0.2, 0.25) is 5.95 Å². The van der Waals surface area contributed by atoms with Crippen molar-refractivity contribution in [3.63, 3.8) is 0 Å². The van der Waals surface area contributed by atoms with Crippen LogP contribution in [0, 0.1) is 0 Å². The van der Waals surface area contributed by atoms with E-state index >= 15 is 0 Å². The van der Waals surface area contributed by atoms with E-state index in [0.29, 0.717) is 0 Å². The molecule has 1 aromatic heterocycles. The fraction of sp³-hybridized carbons (Fsp3) is 0.111. The molecule has 1 aliphatic rings. The molecule has 0 atom stereocenters. The first-order chi connectivity index (χ1) is 11.3. The van der Waals surface area contributed by atoms with Gasteiger partial charge in [0.25, 0.3) is 0 Å². The Balaban J connectivity index is 1.72. The van der Waals surface area contributed by atoms with Gasteiger partial charge < -0.3 is 4.90 Å². The van der Waals surface area contributed by atoms with E-state index in [0.717, 1.165) is 23.4 Å². The summed E-state index contributed by atoms with van der Waals surface area (Å²) in [4.78, 5) is 13.5. The van der Waals surface area contributed by atoms with Crippen LogP contribution in [0.4, 0.5) is 11.6 Å². The van der Waals surface area contributed by atoms with E-state index in [1.165, 1.54) is 21.0 Å². The van der Waals surface area contributed by atoms with Gasteiger partial charge in [-0.3, -0.25) is 0 Å². The minimum atomic E-state index is 0.773. The van der Waals surface area contributed by atoms with Crippen LogP contribution < -0.4 is 4.90 Å². The second kappa shape index (κ2) is 6.34. The highest BCUT2D eigenvalue weighted by Gasteiger charge is 2.25. The van der Waals surface area contributed by atoms with Gasteiger partial charge in [-0.2, -0.15) is 0 Å². The first kappa shape index (κ1) is 14.7. The quantitative estimate of drug-likeness (QED) is 0.630. The molecule has 3 nitrogen and oxygen atoms in total. The van der Waals surface area contributed by atoms with Crippen LogP contribution in [0.25, 0.3) is 0 Å². The number of fused-ring (bicyclic) bond motifs is 1. The van der Waals surface area contributed by atoms with Crippen LogP contribution in [-0.2, 0) is 6.42 Å². The van der Waals surface area contributed by atoms with Crippen LogP contribution in [0.2, 0.25) is 0 Å². The molecular weight excluding hydrogens is 370 g/mol. The van der Waals surface area contributed by atoms with Crippen LogP contribution >= 0.6 is 27.7 Å². The summed E-state index contributed by atoms with van der Waals surface area (Å²) in [5.41, 5.74) is 2.60. The lowest BCUT2D eigenvalue weighted by Crippen LogP contribution is -2.16. The molecule has 0 unspecified atom stereocenters. The summed E-state index contributed by atoms with van der Waals surface area (Å²) in [5.74, 6) is 0.773. The van der Waals surface area contributed by atoms with Gasteiger partial charge in [0.15, 0.2) is 0 Å². The van der Waals surface area contributed by atoms with Crippen molar-refractivity contribution in [3.8, 4) is 0 Å². The van der Waals surface area contributed by atoms with E-state index in [9.17, 15) is 0 Å². The molecule has 0 saturated heterocycles. The highest BCUT2D eigenvalue weighted by molar-refractivity contribution is 9.10. The molecule has 0 fully saturated rings. The third kappa shape index (κ3) is 2.99. The number of anilines is 2. The van der Waals surface area contributed by atoms with Gasteiger partial charge in [-0.1, -0.05) is 39.8 Å². The van der Waals surface area contributed by atoms with E-state index in [4.69, 9.17) is 0 Å². The summed E-state index contributed by atoms with van der Waals surface area (Å²) in [5, 5.41) is 0. The molecule has 0 bridgehead atoms. The highest BCUT2D eigenvalue weighted by atomic mass is 79.9. The van der Waals surface area contributed by atoms with Gasteiger partial charge in [-0.05, 0) is 48.4 Å². The largest absolute Gasteiger partial charge is 0.309 e. The Bertz CT molecular complexity index is 821. The number of hydrogen-bond donors (Lipinski definition) is 0. The molecule has 0 saturated carbocycles. The summed E-state index contributed by atoms with van der Waals surface area (Å²) in [6.45, 7) is 0.928. The van der Waals surface area contributed by atoms with Crippen molar-refractivity contribution < 1.29 is 0 Å². The first-order valence-electron chi connectivity index (χ1n) is 7.41. The number of aromatic nitrogens is 2. The Morgan fingerprint density at radius 1 is 0.957 bits per heavy atom. The zero-order valence-corrected chi connectivity index (χ0v) is 14.7. The number of nitrogens with zero attached hydrogens (tertiary/aromatic N) is 3. The lowest BCUT2D eigenvalue weighted by atomic mass is 10.2. The van der Waals surface area contributed by atoms with Crippen LogP contribution in [0.1, 0.15) is 5.56 Å². The van der Waals surface area contributed by atoms with Crippen LogP contribution in [0.15, 0.2) is 75.2 Å². The summed E-state index contributed by atoms with van der Waals surface area (Å²) in [6.07, 6.45) is 4.62. The van der Waals surface area contributed by atoms with E-state index in [2.05, 4.69) is 73.3 Å². The van der Waals surface area contributed by atoms with E-state index < -0.39 is 0 Å². The Kier molecular flexibility index (Phi) is 4.06. The number of benzene rings is 2. The maximum absolute atomic E-state index is 4.42. The van der Waals surface area contributed by atoms with Crippen LogP contribution in [-0.4, -0.2) is 16.5 Å². The molecule has 0 aliphatic carbocycles. The smallest absolute Gasteiger partial charge is 0.229 e. The molecule has 23 heavy (non-hydrogen) atoms. The summed E-state index contributed by atoms with van der Waals surface area (Å²) in [6, 6.07) is 16.8. The minimum Gasteiger partial charge on any atom is -0.309 e. The van der Waals surface area contributed by atoms with Gasteiger partial charge in [0, 0.05) is 33.2 Å². The lowest BCUT2D eigenvalue weighted by molar-refractivity contribution is 0.935. The van der Waals surface area contributed by atoms with Crippen molar-refractivity contribution in [2.24, 2.45) is 0 Å². The van der Waals surface area contributed by atoms with E-state index in [1.807, 2.05) is 6.07 Å². The van der Waals surface area contributed by atoms with Gasteiger partial charge in [0.1, 0.15) is 0 Å². The Hall–Kier alpha value is -1.85. The van der Waals surface area contributed by atoms with E-state index in [-0.39, 0.29) is 0 Å². The molecule has 0 amide bonds. The summed E-state index contributed by atoms with van der Waals surface area (Å²) < 4.78 is 1.10. The average molecular weight is 384 g/mol. The molecule has 0 radical (unpaired) electrons. The Morgan fingerprint density at radius 3 is 2.52 bits per heavy atom. The molecule has 1 aliphatic heterocycles. The van der Waals surface area contributed by atoms with Gasteiger partial charge in [-0.25, -0.2) is 9.97 Å². The van der Waals surface area contributed by atoms with E-state index in [1.54, 1.807) is 24.2 Å². The maximum atomic E-state index is 4.42.